The molecule has 156 valence electrons. The summed E-state index contributed by atoms with van der Waals surface area (Å²) in [6, 6.07) is 7.81. The van der Waals surface area contributed by atoms with E-state index < -0.39 is 5.91 Å². The first kappa shape index (κ1) is 22.1. The molecule has 0 spiro atoms. The largest absolute Gasteiger partial charge is 0.352 e. The lowest BCUT2D eigenvalue weighted by Crippen LogP contribution is -2.45. The third kappa shape index (κ3) is 5.50. The van der Waals surface area contributed by atoms with Gasteiger partial charge < -0.3 is 5.32 Å². The van der Waals surface area contributed by atoms with Gasteiger partial charge in [0.05, 0.1) is 0 Å². The number of nitrogens with zero attached hydrogens (tertiary/aromatic N) is 2. The van der Waals surface area contributed by atoms with Crippen molar-refractivity contribution < 1.29 is 9.59 Å². The smallest absolute Gasteiger partial charge is 0.280 e. The van der Waals surface area contributed by atoms with Crippen molar-refractivity contribution in [1.82, 2.24) is 9.69 Å². The number of aromatic nitrogens is 1. The van der Waals surface area contributed by atoms with Gasteiger partial charge in [-0.25, -0.2) is 0 Å². The van der Waals surface area contributed by atoms with Crippen molar-refractivity contribution in [2.24, 2.45) is 0 Å². The van der Waals surface area contributed by atoms with Crippen molar-refractivity contribution in [3.05, 3.63) is 44.9 Å². The van der Waals surface area contributed by atoms with Crippen LogP contribution in [0.25, 0.3) is 0 Å². The molecular weight excluding hydrogens is 429 g/mol. The normalized spacial score (nSPS) is 14.8. The summed E-state index contributed by atoms with van der Waals surface area (Å²) in [5.41, 5.74) is 1.85. The number of carbonyl (C=O) groups is 2. The SMILES string of the molecule is CC(C)c1ccc(N(CC(=O)NC2CCCCC2)C(=O)c2nsc(Cl)c2Cl)cc1. The fraction of sp³-hybridized carbons (Fsp3) is 0.476. The van der Waals surface area contributed by atoms with E-state index in [1.54, 1.807) is 0 Å². The molecule has 1 aromatic heterocycles. The zero-order valence-electron chi connectivity index (χ0n) is 16.6. The van der Waals surface area contributed by atoms with Gasteiger partial charge in [-0.3, -0.25) is 14.5 Å². The summed E-state index contributed by atoms with van der Waals surface area (Å²) in [5, 5.41) is 3.19. The van der Waals surface area contributed by atoms with Crippen LogP contribution in [-0.4, -0.2) is 28.8 Å². The van der Waals surface area contributed by atoms with Crippen LogP contribution in [0.5, 0.6) is 0 Å². The number of carbonyl (C=O) groups excluding carboxylic acids is 2. The van der Waals surface area contributed by atoms with Gasteiger partial charge in [-0.15, -0.1) is 0 Å². The highest BCUT2D eigenvalue weighted by atomic mass is 35.5. The Labute approximate surface area is 185 Å². The molecule has 1 aliphatic carbocycles. The van der Waals surface area contributed by atoms with Crippen LogP contribution in [0.3, 0.4) is 0 Å². The quantitative estimate of drug-likeness (QED) is 0.612. The molecule has 0 aliphatic heterocycles. The maximum absolute atomic E-state index is 13.2. The van der Waals surface area contributed by atoms with E-state index >= 15 is 0 Å². The van der Waals surface area contributed by atoms with Crippen LogP contribution in [0.1, 0.15) is 67.9 Å². The number of benzene rings is 1. The lowest BCUT2D eigenvalue weighted by Gasteiger charge is -2.26. The Morgan fingerprint density at radius 2 is 1.83 bits per heavy atom. The maximum Gasteiger partial charge on any atom is 0.280 e. The number of nitrogens with one attached hydrogen (secondary N) is 1. The van der Waals surface area contributed by atoms with Crippen LogP contribution < -0.4 is 10.2 Å². The number of hydrogen-bond donors (Lipinski definition) is 1. The van der Waals surface area contributed by atoms with Crippen LogP contribution in [0.4, 0.5) is 5.69 Å². The first-order chi connectivity index (χ1) is 13.9. The number of hydrogen-bond acceptors (Lipinski definition) is 4. The summed E-state index contributed by atoms with van der Waals surface area (Å²) in [6.07, 6.45) is 5.42. The molecule has 29 heavy (non-hydrogen) atoms. The molecule has 1 N–H and O–H groups in total. The van der Waals surface area contributed by atoms with Crippen molar-refractivity contribution in [3.63, 3.8) is 0 Å². The third-order valence-electron chi connectivity index (χ3n) is 5.19. The molecule has 1 heterocycles. The molecule has 3 rings (SSSR count). The number of rotatable bonds is 6. The molecule has 1 saturated carbocycles. The molecule has 1 aliphatic rings. The van der Waals surface area contributed by atoms with E-state index in [1.165, 1.54) is 11.3 Å². The van der Waals surface area contributed by atoms with E-state index in [0.29, 0.717) is 11.6 Å². The summed E-state index contributed by atoms with van der Waals surface area (Å²) in [7, 11) is 0. The summed E-state index contributed by atoms with van der Waals surface area (Å²) < 4.78 is 4.35. The van der Waals surface area contributed by atoms with Gasteiger partial charge in [0.1, 0.15) is 15.9 Å². The standard InChI is InChI=1S/C21H25Cl2N3O2S/c1-13(2)14-8-10-16(11-9-14)26(21(28)19-18(22)20(23)29-25-19)12-17(27)24-15-6-4-3-5-7-15/h8-11,13,15H,3-7,12H2,1-2H3,(H,24,27). The highest BCUT2D eigenvalue weighted by molar-refractivity contribution is 7.11. The second-order valence-corrected chi connectivity index (χ2v) is 9.41. The van der Waals surface area contributed by atoms with E-state index in [-0.39, 0.29) is 33.5 Å². The van der Waals surface area contributed by atoms with Crippen LogP contribution in [0, 0.1) is 0 Å². The Kier molecular flexibility index (Phi) is 7.55. The minimum atomic E-state index is -0.436. The van der Waals surface area contributed by atoms with E-state index in [2.05, 4.69) is 23.5 Å². The summed E-state index contributed by atoms with van der Waals surface area (Å²) in [4.78, 5) is 27.3. The molecule has 1 aromatic carbocycles. The fourth-order valence-electron chi connectivity index (χ4n) is 3.50. The molecule has 1 fully saturated rings. The van der Waals surface area contributed by atoms with Crippen LogP contribution >= 0.6 is 34.7 Å². The predicted octanol–water partition coefficient (Wildman–Crippen LogP) is 5.67. The van der Waals surface area contributed by atoms with Crippen molar-refractivity contribution in [2.45, 2.75) is 57.9 Å². The van der Waals surface area contributed by atoms with Gasteiger partial charge in [-0.05, 0) is 48.0 Å². The van der Waals surface area contributed by atoms with E-state index in [1.807, 2.05) is 24.3 Å². The summed E-state index contributed by atoms with van der Waals surface area (Å²) >= 11 is 13.1. The van der Waals surface area contributed by atoms with Crippen LogP contribution in [0.15, 0.2) is 24.3 Å². The van der Waals surface area contributed by atoms with E-state index in [0.717, 1.165) is 42.8 Å². The van der Waals surface area contributed by atoms with Crippen LogP contribution in [-0.2, 0) is 4.79 Å². The average Bonchev–Trinajstić information content (AvgIpc) is 3.05. The molecule has 0 bridgehead atoms. The molecule has 2 aromatic rings. The molecule has 0 radical (unpaired) electrons. The minimum absolute atomic E-state index is 0.0695. The average molecular weight is 454 g/mol. The highest BCUT2D eigenvalue weighted by Crippen LogP contribution is 2.31. The molecule has 8 heteroatoms. The highest BCUT2D eigenvalue weighted by Gasteiger charge is 2.27. The summed E-state index contributed by atoms with van der Waals surface area (Å²) in [5.74, 6) is -0.250. The van der Waals surface area contributed by atoms with Crippen molar-refractivity contribution in [3.8, 4) is 0 Å². The zero-order valence-corrected chi connectivity index (χ0v) is 18.9. The Morgan fingerprint density at radius 1 is 1.17 bits per heavy atom. The van der Waals surface area contributed by atoms with E-state index in [4.69, 9.17) is 23.2 Å². The Hall–Kier alpha value is -1.63. The van der Waals surface area contributed by atoms with Gasteiger partial charge in [-0.1, -0.05) is 68.4 Å². The molecule has 2 amide bonds. The van der Waals surface area contributed by atoms with Gasteiger partial charge in [0.15, 0.2) is 5.69 Å². The number of halogens is 2. The minimum Gasteiger partial charge on any atom is -0.352 e. The lowest BCUT2D eigenvalue weighted by atomic mass is 9.95. The van der Waals surface area contributed by atoms with Gasteiger partial charge >= 0.3 is 0 Å². The zero-order chi connectivity index (χ0) is 21.0. The van der Waals surface area contributed by atoms with Gasteiger partial charge in [0.25, 0.3) is 5.91 Å². The lowest BCUT2D eigenvalue weighted by molar-refractivity contribution is -0.120. The van der Waals surface area contributed by atoms with Gasteiger partial charge in [-0.2, -0.15) is 4.37 Å². The fourth-order valence-corrected chi connectivity index (χ4v) is 4.49. The van der Waals surface area contributed by atoms with Crippen molar-refractivity contribution in [2.75, 3.05) is 11.4 Å². The second kappa shape index (κ2) is 9.92. The molecular formula is C21H25Cl2N3O2S. The Bertz CT molecular complexity index is 861. The second-order valence-electron chi connectivity index (χ2n) is 7.66. The van der Waals surface area contributed by atoms with Crippen molar-refractivity contribution in [1.29, 1.82) is 0 Å². The molecule has 0 atom stereocenters. The third-order valence-corrected chi connectivity index (χ3v) is 6.80. The number of amides is 2. The monoisotopic (exact) mass is 453 g/mol. The Morgan fingerprint density at radius 3 is 2.38 bits per heavy atom. The molecule has 0 unspecified atom stereocenters. The van der Waals surface area contributed by atoms with Gasteiger partial charge in [0.2, 0.25) is 5.91 Å². The topological polar surface area (TPSA) is 62.3 Å². The first-order valence-electron chi connectivity index (χ1n) is 9.88. The maximum atomic E-state index is 13.2. The molecule has 0 saturated heterocycles. The van der Waals surface area contributed by atoms with Gasteiger partial charge in [0, 0.05) is 11.7 Å². The number of anilines is 1. The summed E-state index contributed by atoms with van der Waals surface area (Å²) in [6.45, 7) is 4.11. The van der Waals surface area contributed by atoms with Crippen LogP contribution in [0.2, 0.25) is 9.36 Å². The Balaban J connectivity index is 1.83. The van der Waals surface area contributed by atoms with Crippen molar-refractivity contribution >= 4 is 52.2 Å². The molecule has 5 nitrogen and oxygen atoms in total. The predicted molar refractivity (Wildman–Crippen MR) is 119 cm³/mol. The first-order valence-corrected chi connectivity index (χ1v) is 11.4. The van der Waals surface area contributed by atoms with E-state index in [9.17, 15) is 9.59 Å².